The molecule has 1 N–H and O–H groups in total. The van der Waals surface area contributed by atoms with Crippen LogP contribution in [-0.2, 0) is 11.2 Å². The number of methoxy groups -OCH3 is 1. The molecule has 2 aromatic heterocycles. The van der Waals surface area contributed by atoms with Crippen molar-refractivity contribution in [1.82, 2.24) is 9.97 Å². The molecule has 0 aliphatic carbocycles. The quantitative estimate of drug-likeness (QED) is 0.743. The van der Waals surface area contributed by atoms with Crippen LogP contribution in [0.3, 0.4) is 0 Å². The van der Waals surface area contributed by atoms with Crippen LogP contribution in [0.2, 0.25) is 0 Å². The zero-order valence-electron chi connectivity index (χ0n) is 13.5. The number of pyridine rings is 1. The van der Waals surface area contributed by atoms with Crippen molar-refractivity contribution in [2.45, 2.75) is 12.8 Å². The highest BCUT2D eigenvalue weighted by atomic mass is 19.1. The molecular weight excluding hydrogens is 325 g/mol. The third kappa shape index (κ3) is 4.41. The summed E-state index contributed by atoms with van der Waals surface area (Å²) >= 11 is 0. The number of nitrogens with one attached hydrogen (secondary N) is 1. The van der Waals surface area contributed by atoms with Gasteiger partial charge in [-0.15, -0.1) is 0 Å². The number of halogens is 1. The van der Waals surface area contributed by atoms with E-state index in [1.807, 2.05) is 0 Å². The minimum Gasteiger partial charge on any atom is -0.481 e. The lowest BCUT2D eigenvalue weighted by Gasteiger charge is -2.04. The number of carbonyl (C=O) groups excluding carboxylic acids is 1. The fourth-order valence-electron chi connectivity index (χ4n) is 2.19. The number of oxazole rings is 1. The number of rotatable bonds is 6. The van der Waals surface area contributed by atoms with E-state index >= 15 is 0 Å². The number of aryl methyl sites for hydroxylation is 1. The van der Waals surface area contributed by atoms with Gasteiger partial charge in [-0.3, -0.25) is 4.79 Å². The van der Waals surface area contributed by atoms with Crippen LogP contribution in [0.5, 0.6) is 5.88 Å². The minimum atomic E-state index is -0.312. The molecule has 1 aromatic carbocycles. The zero-order valence-corrected chi connectivity index (χ0v) is 13.5. The Labute approximate surface area is 143 Å². The highest BCUT2D eigenvalue weighted by Gasteiger charge is 2.10. The van der Waals surface area contributed by atoms with Crippen molar-refractivity contribution in [2.75, 3.05) is 12.4 Å². The van der Waals surface area contributed by atoms with Gasteiger partial charge in [0.1, 0.15) is 5.82 Å². The largest absolute Gasteiger partial charge is 0.481 e. The van der Waals surface area contributed by atoms with Crippen molar-refractivity contribution >= 4 is 11.6 Å². The Morgan fingerprint density at radius 2 is 1.96 bits per heavy atom. The topological polar surface area (TPSA) is 77.2 Å². The molecule has 0 spiro atoms. The Hall–Kier alpha value is -3.22. The average Bonchev–Trinajstić information content (AvgIpc) is 3.10. The van der Waals surface area contributed by atoms with E-state index in [0.717, 1.165) is 5.56 Å². The van der Waals surface area contributed by atoms with Gasteiger partial charge in [-0.2, -0.15) is 0 Å². The summed E-state index contributed by atoms with van der Waals surface area (Å²) in [5.41, 5.74) is 1.32. The number of anilines is 1. The van der Waals surface area contributed by atoms with Crippen LogP contribution < -0.4 is 10.1 Å². The van der Waals surface area contributed by atoms with Crippen molar-refractivity contribution in [3.05, 3.63) is 60.5 Å². The van der Waals surface area contributed by atoms with Gasteiger partial charge in [-0.05, 0) is 30.3 Å². The second-order valence-electron chi connectivity index (χ2n) is 5.26. The lowest BCUT2D eigenvalue weighted by atomic mass is 10.2. The molecule has 0 fully saturated rings. The predicted molar refractivity (Wildman–Crippen MR) is 89.6 cm³/mol. The molecule has 0 radical (unpaired) electrons. The molecule has 7 heteroatoms. The van der Waals surface area contributed by atoms with Gasteiger partial charge in [-0.25, -0.2) is 14.4 Å². The summed E-state index contributed by atoms with van der Waals surface area (Å²) in [5.74, 6) is 0.977. The summed E-state index contributed by atoms with van der Waals surface area (Å²) in [6.45, 7) is 0. The number of ether oxygens (including phenoxy) is 1. The standard InChI is InChI=1S/C18H16FN3O3/c1-24-17-8-6-14(10-20-17)22-16(23)7-9-18-21-11-15(25-18)12-2-4-13(19)5-3-12/h2-6,8,10-11H,7,9H2,1H3,(H,22,23). The molecule has 1 amide bonds. The van der Waals surface area contributed by atoms with Crippen molar-refractivity contribution in [1.29, 1.82) is 0 Å². The number of amides is 1. The molecule has 6 nitrogen and oxygen atoms in total. The molecule has 3 rings (SSSR count). The Bertz CT molecular complexity index is 845. The number of benzene rings is 1. The fourth-order valence-corrected chi connectivity index (χ4v) is 2.19. The van der Waals surface area contributed by atoms with Crippen LogP contribution in [0.25, 0.3) is 11.3 Å². The second kappa shape index (κ2) is 7.57. The summed E-state index contributed by atoms with van der Waals surface area (Å²) in [5, 5.41) is 2.74. The Balaban J connectivity index is 1.54. The van der Waals surface area contributed by atoms with Crippen LogP contribution in [0.15, 0.2) is 53.2 Å². The molecule has 128 valence electrons. The Kier molecular flexibility index (Phi) is 5.03. The van der Waals surface area contributed by atoms with Gasteiger partial charge in [0.05, 0.1) is 25.2 Å². The van der Waals surface area contributed by atoms with Gasteiger partial charge in [0.25, 0.3) is 0 Å². The summed E-state index contributed by atoms with van der Waals surface area (Å²) in [6, 6.07) is 9.31. The van der Waals surface area contributed by atoms with E-state index in [0.29, 0.717) is 29.6 Å². The van der Waals surface area contributed by atoms with E-state index in [1.54, 1.807) is 30.5 Å². The SMILES string of the molecule is COc1ccc(NC(=O)CCc2ncc(-c3ccc(F)cc3)o2)cn1. The van der Waals surface area contributed by atoms with Gasteiger partial charge in [-0.1, -0.05) is 0 Å². The minimum absolute atomic E-state index is 0.173. The first kappa shape index (κ1) is 16.6. The maximum atomic E-state index is 12.9. The van der Waals surface area contributed by atoms with E-state index < -0.39 is 0 Å². The van der Waals surface area contributed by atoms with Crippen LogP contribution in [0.4, 0.5) is 10.1 Å². The monoisotopic (exact) mass is 341 g/mol. The van der Waals surface area contributed by atoms with Crippen LogP contribution in [0.1, 0.15) is 12.3 Å². The first-order valence-electron chi connectivity index (χ1n) is 7.64. The van der Waals surface area contributed by atoms with Gasteiger partial charge >= 0.3 is 0 Å². The highest BCUT2D eigenvalue weighted by molar-refractivity contribution is 5.90. The number of carbonyl (C=O) groups is 1. The molecule has 0 bridgehead atoms. The predicted octanol–water partition coefficient (Wildman–Crippen LogP) is 3.46. The van der Waals surface area contributed by atoms with E-state index in [4.69, 9.17) is 9.15 Å². The van der Waals surface area contributed by atoms with Crippen molar-refractivity contribution in [2.24, 2.45) is 0 Å². The van der Waals surface area contributed by atoms with Crippen LogP contribution in [0, 0.1) is 5.82 Å². The molecule has 0 aliphatic rings. The smallest absolute Gasteiger partial charge is 0.224 e. The van der Waals surface area contributed by atoms with Crippen LogP contribution in [-0.4, -0.2) is 23.0 Å². The number of nitrogens with zero attached hydrogens (tertiary/aromatic N) is 2. The van der Waals surface area contributed by atoms with Gasteiger partial charge in [0.2, 0.25) is 11.8 Å². The molecule has 0 unspecified atom stereocenters. The lowest BCUT2D eigenvalue weighted by molar-refractivity contribution is -0.116. The van der Waals surface area contributed by atoms with E-state index in [9.17, 15) is 9.18 Å². The lowest BCUT2D eigenvalue weighted by Crippen LogP contribution is -2.12. The van der Waals surface area contributed by atoms with Crippen LogP contribution >= 0.6 is 0 Å². The first-order valence-corrected chi connectivity index (χ1v) is 7.64. The molecule has 0 aliphatic heterocycles. The zero-order chi connectivity index (χ0) is 17.6. The maximum Gasteiger partial charge on any atom is 0.224 e. The van der Waals surface area contributed by atoms with Gasteiger partial charge < -0.3 is 14.5 Å². The van der Waals surface area contributed by atoms with Crippen molar-refractivity contribution in [3.63, 3.8) is 0 Å². The Morgan fingerprint density at radius 3 is 2.64 bits per heavy atom. The third-order valence-electron chi connectivity index (χ3n) is 3.48. The summed E-state index contributed by atoms with van der Waals surface area (Å²) < 4.78 is 23.5. The molecule has 0 saturated heterocycles. The van der Waals surface area contributed by atoms with E-state index in [1.165, 1.54) is 25.4 Å². The molecule has 3 aromatic rings. The van der Waals surface area contributed by atoms with Gasteiger partial charge in [0.15, 0.2) is 11.7 Å². The first-order chi connectivity index (χ1) is 12.1. The van der Waals surface area contributed by atoms with E-state index in [-0.39, 0.29) is 18.1 Å². The second-order valence-corrected chi connectivity index (χ2v) is 5.26. The molecular formula is C18H16FN3O3. The van der Waals surface area contributed by atoms with Crippen molar-refractivity contribution < 1.29 is 18.3 Å². The molecule has 0 saturated carbocycles. The summed E-state index contributed by atoms with van der Waals surface area (Å²) in [6.07, 6.45) is 3.66. The maximum absolute atomic E-state index is 12.9. The average molecular weight is 341 g/mol. The van der Waals surface area contributed by atoms with Crippen molar-refractivity contribution in [3.8, 4) is 17.2 Å². The number of hydrogen-bond acceptors (Lipinski definition) is 5. The molecule has 0 atom stereocenters. The van der Waals surface area contributed by atoms with E-state index in [2.05, 4.69) is 15.3 Å². The van der Waals surface area contributed by atoms with Gasteiger partial charge in [0, 0.05) is 24.5 Å². The number of hydrogen-bond donors (Lipinski definition) is 1. The molecule has 25 heavy (non-hydrogen) atoms. The normalized spacial score (nSPS) is 10.5. The Morgan fingerprint density at radius 1 is 1.16 bits per heavy atom. The fraction of sp³-hybridized carbons (Fsp3) is 0.167. The molecule has 2 heterocycles. The number of aromatic nitrogens is 2. The highest BCUT2D eigenvalue weighted by Crippen LogP contribution is 2.21. The summed E-state index contributed by atoms with van der Waals surface area (Å²) in [4.78, 5) is 20.1. The summed E-state index contributed by atoms with van der Waals surface area (Å²) in [7, 11) is 1.52. The third-order valence-corrected chi connectivity index (χ3v) is 3.48.